The van der Waals surface area contributed by atoms with Crippen molar-refractivity contribution in [1.29, 1.82) is 0 Å². The van der Waals surface area contributed by atoms with Gasteiger partial charge in [0.15, 0.2) is 0 Å². The molecular formula is C17H25NO2. The average Bonchev–Trinajstić information content (AvgIpc) is 2.37. The number of nitrogens with one attached hydrogen (secondary N) is 1. The van der Waals surface area contributed by atoms with Crippen LogP contribution in [-0.2, 0) is 16.1 Å². The minimum atomic E-state index is -0.185. The van der Waals surface area contributed by atoms with E-state index < -0.39 is 0 Å². The molecule has 3 nitrogen and oxygen atoms in total. The zero-order valence-electron chi connectivity index (χ0n) is 12.9. The van der Waals surface area contributed by atoms with Crippen LogP contribution in [0.4, 0.5) is 0 Å². The van der Waals surface area contributed by atoms with Crippen molar-refractivity contribution < 1.29 is 9.53 Å². The first-order chi connectivity index (χ1) is 9.40. The van der Waals surface area contributed by atoms with Gasteiger partial charge in [-0.25, -0.2) is 0 Å². The summed E-state index contributed by atoms with van der Waals surface area (Å²) in [7, 11) is 0. The van der Waals surface area contributed by atoms with Gasteiger partial charge in [-0.05, 0) is 38.8 Å². The lowest BCUT2D eigenvalue weighted by atomic mass is 10.1. The van der Waals surface area contributed by atoms with Crippen molar-refractivity contribution in [3.05, 3.63) is 41.5 Å². The highest BCUT2D eigenvalue weighted by Gasteiger charge is 2.07. The van der Waals surface area contributed by atoms with Gasteiger partial charge in [0.2, 0.25) is 0 Å². The minimum Gasteiger partial charge on any atom is -0.466 e. The normalized spacial score (nSPS) is 11.8. The van der Waals surface area contributed by atoms with Crippen LogP contribution in [0.3, 0.4) is 0 Å². The van der Waals surface area contributed by atoms with Crippen LogP contribution in [0.2, 0.25) is 0 Å². The summed E-state index contributed by atoms with van der Waals surface area (Å²) in [6.07, 6.45) is 4.10. The molecule has 0 aliphatic carbocycles. The topological polar surface area (TPSA) is 38.3 Å². The third kappa shape index (κ3) is 7.10. The maximum absolute atomic E-state index is 11.2. The molecule has 0 radical (unpaired) electrons. The summed E-state index contributed by atoms with van der Waals surface area (Å²) in [5.74, 6) is -0.185. The Morgan fingerprint density at radius 1 is 1.25 bits per heavy atom. The number of rotatable bonds is 6. The number of hydrogen-bond acceptors (Lipinski definition) is 3. The monoisotopic (exact) mass is 275 g/mol. The highest BCUT2D eigenvalue weighted by Crippen LogP contribution is 2.08. The van der Waals surface area contributed by atoms with E-state index in [1.54, 1.807) is 0 Å². The zero-order valence-corrected chi connectivity index (χ0v) is 12.9. The van der Waals surface area contributed by atoms with E-state index in [1.165, 1.54) is 5.56 Å². The molecule has 0 saturated carbocycles. The average molecular weight is 275 g/mol. The van der Waals surface area contributed by atoms with Gasteiger partial charge in [0, 0.05) is 12.1 Å². The third-order valence-corrected chi connectivity index (χ3v) is 2.70. The second-order valence-electron chi connectivity index (χ2n) is 5.76. The number of benzene rings is 1. The maximum Gasteiger partial charge on any atom is 0.309 e. The predicted molar refractivity (Wildman–Crippen MR) is 83.3 cm³/mol. The first kappa shape index (κ1) is 16.4. The van der Waals surface area contributed by atoms with E-state index in [2.05, 4.69) is 50.4 Å². The molecule has 0 unspecified atom stereocenters. The van der Waals surface area contributed by atoms with Gasteiger partial charge in [-0.1, -0.05) is 36.4 Å². The van der Waals surface area contributed by atoms with E-state index in [-0.39, 0.29) is 11.5 Å². The Kier molecular flexibility index (Phi) is 6.46. The second-order valence-corrected chi connectivity index (χ2v) is 5.76. The van der Waals surface area contributed by atoms with Gasteiger partial charge in [-0.3, -0.25) is 4.79 Å². The predicted octanol–water partition coefficient (Wildman–Crippen LogP) is 3.54. The number of carbonyl (C=O) groups excluding carboxylic acids is 1. The molecule has 1 aromatic rings. The number of esters is 1. The number of carbonyl (C=O) groups is 1. The van der Waals surface area contributed by atoms with Crippen LogP contribution < -0.4 is 5.32 Å². The molecule has 20 heavy (non-hydrogen) atoms. The lowest BCUT2D eigenvalue weighted by Crippen LogP contribution is -2.35. The van der Waals surface area contributed by atoms with Crippen molar-refractivity contribution >= 4 is 12.0 Å². The molecule has 0 fully saturated rings. The van der Waals surface area contributed by atoms with Gasteiger partial charge >= 0.3 is 5.97 Å². The summed E-state index contributed by atoms with van der Waals surface area (Å²) >= 11 is 0. The minimum absolute atomic E-state index is 0.123. The van der Waals surface area contributed by atoms with E-state index >= 15 is 0 Å². The summed E-state index contributed by atoms with van der Waals surface area (Å²) in [5, 5.41) is 3.45. The molecule has 0 atom stereocenters. The van der Waals surface area contributed by atoms with E-state index in [9.17, 15) is 4.79 Å². The first-order valence-corrected chi connectivity index (χ1v) is 7.07. The fraction of sp³-hybridized carbons (Fsp3) is 0.471. The summed E-state index contributed by atoms with van der Waals surface area (Å²) in [6, 6.07) is 8.31. The van der Waals surface area contributed by atoms with E-state index in [1.807, 2.05) is 19.1 Å². The summed E-state index contributed by atoms with van der Waals surface area (Å²) in [5.41, 5.74) is 2.47. The van der Waals surface area contributed by atoms with Crippen LogP contribution in [0.25, 0.3) is 6.08 Å². The molecule has 0 aliphatic rings. The lowest BCUT2D eigenvalue weighted by molar-refractivity contribution is -0.142. The standard InChI is InChI=1S/C17H25NO2/c1-5-20-16(19)8-6-7-14-9-11-15(12-10-14)13-18-17(2,3)4/h6-7,9-12,18H,5,8,13H2,1-4H3. The quantitative estimate of drug-likeness (QED) is 0.807. The van der Waals surface area contributed by atoms with Crippen molar-refractivity contribution in [3.63, 3.8) is 0 Å². The summed E-state index contributed by atoms with van der Waals surface area (Å²) < 4.78 is 4.86. The molecule has 0 saturated heterocycles. The Bertz CT molecular complexity index is 441. The van der Waals surface area contributed by atoms with Crippen LogP contribution in [0.15, 0.2) is 30.3 Å². The molecular weight excluding hydrogens is 250 g/mol. The molecule has 0 spiro atoms. The van der Waals surface area contributed by atoms with Crippen molar-refractivity contribution in [1.82, 2.24) is 5.32 Å². The van der Waals surface area contributed by atoms with E-state index in [4.69, 9.17) is 4.74 Å². The van der Waals surface area contributed by atoms with Gasteiger partial charge in [0.05, 0.1) is 13.0 Å². The van der Waals surface area contributed by atoms with Crippen LogP contribution in [0, 0.1) is 0 Å². The Hall–Kier alpha value is -1.61. The van der Waals surface area contributed by atoms with E-state index in [0.717, 1.165) is 12.1 Å². The molecule has 0 heterocycles. The largest absolute Gasteiger partial charge is 0.466 e. The Balaban J connectivity index is 2.46. The Morgan fingerprint density at radius 3 is 2.45 bits per heavy atom. The molecule has 110 valence electrons. The van der Waals surface area contributed by atoms with Crippen molar-refractivity contribution in [2.45, 2.75) is 46.2 Å². The number of ether oxygens (including phenoxy) is 1. The van der Waals surface area contributed by atoms with Gasteiger partial charge in [0.1, 0.15) is 0 Å². The van der Waals surface area contributed by atoms with Crippen LogP contribution in [-0.4, -0.2) is 18.1 Å². The smallest absolute Gasteiger partial charge is 0.309 e. The summed E-state index contributed by atoms with van der Waals surface area (Å²) in [6.45, 7) is 9.56. The maximum atomic E-state index is 11.2. The molecule has 0 bridgehead atoms. The SMILES string of the molecule is CCOC(=O)CC=Cc1ccc(CNC(C)(C)C)cc1. The van der Waals surface area contributed by atoms with Gasteiger partial charge < -0.3 is 10.1 Å². The highest BCUT2D eigenvalue weighted by molar-refractivity contribution is 5.72. The van der Waals surface area contributed by atoms with Crippen molar-refractivity contribution in [2.24, 2.45) is 0 Å². The Morgan fingerprint density at radius 2 is 1.90 bits per heavy atom. The van der Waals surface area contributed by atoms with E-state index in [0.29, 0.717) is 13.0 Å². The Labute approximate surface area is 122 Å². The van der Waals surface area contributed by atoms with Gasteiger partial charge in [-0.15, -0.1) is 0 Å². The van der Waals surface area contributed by atoms with Crippen LogP contribution in [0.5, 0.6) is 0 Å². The van der Waals surface area contributed by atoms with Crippen molar-refractivity contribution in [3.8, 4) is 0 Å². The molecule has 0 aromatic heterocycles. The van der Waals surface area contributed by atoms with Gasteiger partial charge in [-0.2, -0.15) is 0 Å². The molecule has 0 aliphatic heterocycles. The third-order valence-electron chi connectivity index (χ3n) is 2.70. The fourth-order valence-corrected chi connectivity index (χ4v) is 1.62. The summed E-state index contributed by atoms with van der Waals surface area (Å²) in [4.78, 5) is 11.2. The molecule has 1 aromatic carbocycles. The second kappa shape index (κ2) is 7.85. The molecule has 1 rings (SSSR count). The fourth-order valence-electron chi connectivity index (χ4n) is 1.62. The lowest BCUT2D eigenvalue weighted by Gasteiger charge is -2.20. The molecule has 1 N–H and O–H groups in total. The van der Waals surface area contributed by atoms with Crippen LogP contribution >= 0.6 is 0 Å². The molecule has 3 heteroatoms. The van der Waals surface area contributed by atoms with Crippen LogP contribution in [0.1, 0.15) is 45.2 Å². The molecule has 0 amide bonds. The first-order valence-electron chi connectivity index (χ1n) is 7.07. The van der Waals surface area contributed by atoms with Crippen molar-refractivity contribution in [2.75, 3.05) is 6.61 Å². The number of hydrogen-bond donors (Lipinski definition) is 1. The highest BCUT2D eigenvalue weighted by atomic mass is 16.5. The van der Waals surface area contributed by atoms with Gasteiger partial charge in [0.25, 0.3) is 0 Å². The zero-order chi connectivity index (χ0) is 15.0.